The van der Waals surface area contributed by atoms with Crippen LogP contribution in [0.1, 0.15) is 22.6 Å². The normalized spacial score (nSPS) is 10.8. The number of hydrogen-bond donors (Lipinski definition) is 0. The number of aryl methyl sites for hydroxylation is 2. The maximum Gasteiger partial charge on any atom is 0.223 e. The van der Waals surface area contributed by atoms with Crippen molar-refractivity contribution in [1.29, 1.82) is 0 Å². The van der Waals surface area contributed by atoms with E-state index in [1.807, 2.05) is 48.5 Å². The minimum atomic E-state index is 0.186. The number of benzene rings is 1. The van der Waals surface area contributed by atoms with Crippen LogP contribution in [0.5, 0.6) is 0 Å². The van der Waals surface area contributed by atoms with Crippen molar-refractivity contribution in [3.05, 3.63) is 80.7 Å². The standard InChI is InChI=1S/C20H21BrN2OS/c1-22-12-4-7-17(22)14-23(15-18-8-5-13-25-18)20(24)11-10-16-6-2-3-9-19(16)21/h2-9,12-13H,10-11,14-15H2,1H3. The van der Waals surface area contributed by atoms with Crippen LogP contribution >= 0.6 is 27.3 Å². The molecular formula is C20H21BrN2OS. The van der Waals surface area contributed by atoms with Gasteiger partial charge in [0.15, 0.2) is 0 Å². The van der Waals surface area contributed by atoms with Gasteiger partial charge in [0.05, 0.1) is 13.1 Å². The fourth-order valence-electron chi connectivity index (χ4n) is 2.78. The van der Waals surface area contributed by atoms with Crippen LogP contribution in [0, 0.1) is 0 Å². The molecule has 5 heteroatoms. The van der Waals surface area contributed by atoms with Crippen LogP contribution in [0.15, 0.2) is 64.6 Å². The number of carbonyl (C=O) groups is 1. The van der Waals surface area contributed by atoms with Gasteiger partial charge < -0.3 is 9.47 Å². The summed E-state index contributed by atoms with van der Waals surface area (Å²) in [4.78, 5) is 16.1. The van der Waals surface area contributed by atoms with Crippen LogP contribution in [-0.4, -0.2) is 15.4 Å². The van der Waals surface area contributed by atoms with E-state index in [-0.39, 0.29) is 5.91 Å². The van der Waals surface area contributed by atoms with Gasteiger partial charge in [0.2, 0.25) is 5.91 Å². The molecule has 0 bridgehead atoms. The second-order valence-electron chi connectivity index (χ2n) is 6.03. The van der Waals surface area contributed by atoms with Crippen molar-refractivity contribution in [3.8, 4) is 0 Å². The van der Waals surface area contributed by atoms with E-state index < -0.39 is 0 Å². The highest BCUT2D eigenvalue weighted by Crippen LogP contribution is 2.20. The van der Waals surface area contributed by atoms with E-state index in [4.69, 9.17) is 0 Å². The third-order valence-corrected chi connectivity index (χ3v) is 5.88. The molecule has 0 N–H and O–H groups in total. The van der Waals surface area contributed by atoms with Gasteiger partial charge in [-0.3, -0.25) is 4.79 Å². The summed E-state index contributed by atoms with van der Waals surface area (Å²) in [5.41, 5.74) is 2.32. The fraction of sp³-hybridized carbons (Fsp3) is 0.250. The Hall–Kier alpha value is -1.85. The summed E-state index contributed by atoms with van der Waals surface area (Å²) in [6, 6.07) is 16.3. The SMILES string of the molecule is Cn1cccc1CN(Cc1cccs1)C(=O)CCc1ccccc1Br. The molecule has 0 aliphatic rings. The lowest BCUT2D eigenvalue weighted by Gasteiger charge is -2.23. The Labute approximate surface area is 161 Å². The third kappa shape index (κ3) is 4.83. The van der Waals surface area contributed by atoms with Crippen molar-refractivity contribution in [3.63, 3.8) is 0 Å². The zero-order valence-corrected chi connectivity index (χ0v) is 16.6. The Bertz CT molecular complexity index is 826. The fourth-order valence-corrected chi connectivity index (χ4v) is 3.98. The first-order valence-electron chi connectivity index (χ1n) is 8.27. The summed E-state index contributed by atoms with van der Waals surface area (Å²) in [5, 5.41) is 2.06. The van der Waals surface area contributed by atoms with Gasteiger partial charge in [-0.1, -0.05) is 40.2 Å². The van der Waals surface area contributed by atoms with E-state index in [0.29, 0.717) is 19.5 Å². The summed E-state index contributed by atoms with van der Waals surface area (Å²) < 4.78 is 3.14. The van der Waals surface area contributed by atoms with Crippen LogP contribution in [0.3, 0.4) is 0 Å². The van der Waals surface area contributed by atoms with Crippen molar-refractivity contribution < 1.29 is 4.79 Å². The van der Waals surface area contributed by atoms with E-state index in [1.54, 1.807) is 11.3 Å². The molecule has 25 heavy (non-hydrogen) atoms. The highest BCUT2D eigenvalue weighted by molar-refractivity contribution is 9.10. The molecule has 1 aromatic carbocycles. The van der Waals surface area contributed by atoms with Crippen LogP contribution < -0.4 is 0 Å². The summed E-state index contributed by atoms with van der Waals surface area (Å²) in [7, 11) is 2.02. The van der Waals surface area contributed by atoms with E-state index in [1.165, 1.54) is 10.4 Å². The van der Waals surface area contributed by atoms with E-state index >= 15 is 0 Å². The minimum absolute atomic E-state index is 0.186. The van der Waals surface area contributed by atoms with Gasteiger partial charge in [-0.2, -0.15) is 0 Å². The van der Waals surface area contributed by atoms with E-state index in [0.717, 1.165) is 16.6 Å². The Kier molecular flexibility index (Phi) is 6.10. The number of aromatic nitrogens is 1. The maximum atomic E-state index is 12.9. The summed E-state index contributed by atoms with van der Waals surface area (Å²) in [6.07, 6.45) is 3.27. The van der Waals surface area contributed by atoms with Crippen molar-refractivity contribution in [2.75, 3.05) is 0 Å². The zero-order valence-electron chi connectivity index (χ0n) is 14.2. The van der Waals surface area contributed by atoms with Crippen molar-refractivity contribution >= 4 is 33.2 Å². The second-order valence-corrected chi connectivity index (χ2v) is 7.92. The highest BCUT2D eigenvalue weighted by Gasteiger charge is 2.16. The number of rotatable bonds is 7. The van der Waals surface area contributed by atoms with Gasteiger partial charge in [0.1, 0.15) is 0 Å². The van der Waals surface area contributed by atoms with Crippen LogP contribution in [0.2, 0.25) is 0 Å². The molecule has 130 valence electrons. The lowest BCUT2D eigenvalue weighted by molar-refractivity contribution is -0.132. The molecule has 2 aromatic heterocycles. The zero-order chi connectivity index (χ0) is 17.6. The highest BCUT2D eigenvalue weighted by atomic mass is 79.9. The molecule has 0 atom stereocenters. The Morgan fingerprint density at radius 3 is 2.64 bits per heavy atom. The second kappa shape index (κ2) is 8.50. The van der Waals surface area contributed by atoms with E-state index in [9.17, 15) is 4.79 Å². The molecule has 3 rings (SSSR count). The van der Waals surface area contributed by atoms with Gasteiger partial charge >= 0.3 is 0 Å². The smallest absolute Gasteiger partial charge is 0.223 e. The molecule has 0 unspecified atom stereocenters. The first kappa shape index (κ1) is 18.0. The molecule has 0 saturated carbocycles. The Morgan fingerprint density at radius 2 is 1.96 bits per heavy atom. The minimum Gasteiger partial charge on any atom is -0.353 e. The molecule has 0 aliphatic carbocycles. The summed E-state index contributed by atoms with van der Waals surface area (Å²) in [6.45, 7) is 1.30. The summed E-state index contributed by atoms with van der Waals surface area (Å²) in [5.74, 6) is 0.186. The van der Waals surface area contributed by atoms with Crippen molar-refractivity contribution in [1.82, 2.24) is 9.47 Å². The van der Waals surface area contributed by atoms with E-state index in [2.05, 4.69) is 44.1 Å². The van der Waals surface area contributed by atoms with Crippen LogP contribution in [0.25, 0.3) is 0 Å². The van der Waals surface area contributed by atoms with Gasteiger partial charge in [0, 0.05) is 34.7 Å². The molecule has 0 fully saturated rings. The average Bonchev–Trinajstić information content (AvgIpc) is 3.25. The topological polar surface area (TPSA) is 25.2 Å². The van der Waals surface area contributed by atoms with Crippen molar-refractivity contribution in [2.24, 2.45) is 7.05 Å². The monoisotopic (exact) mass is 416 g/mol. The van der Waals surface area contributed by atoms with Gasteiger partial charge in [-0.05, 0) is 41.6 Å². The molecule has 0 spiro atoms. The predicted octanol–water partition coefficient (Wildman–Crippen LogP) is 5.01. The number of carbonyl (C=O) groups excluding carboxylic acids is 1. The quantitative estimate of drug-likeness (QED) is 0.531. The number of thiophene rings is 1. The van der Waals surface area contributed by atoms with Gasteiger partial charge in [-0.15, -0.1) is 11.3 Å². The number of halogens is 1. The molecular weight excluding hydrogens is 396 g/mol. The molecule has 3 nitrogen and oxygen atoms in total. The lowest BCUT2D eigenvalue weighted by Crippen LogP contribution is -2.30. The largest absolute Gasteiger partial charge is 0.353 e. The molecule has 0 radical (unpaired) electrons. The van der Waals surface area contributed by atoms with Crippen LogP contribution in [0.4, 0.5) is 0 Å². The predicted molar refractivity (Wildman–Crippen MR) is 106 cm³/mol. The number of nitrogens with zero attached hydrogens (tertiary/aromatic N) is 2. The third-order valence-electron chi connectivity index (χ3n) is 4.25. The summed E-state index contributed by atoms with van der Waals surface area (Å²) >= 11 is 5.26. The molecule has 0 saturated heterocycles. The maximum absolute atomic E-state index is 12.9. The molecule has 1 amide bonds. The Balaban J connectivity index is 1.70. The molecule has 0 aliphatic heterocycles. The molecule has 2 heterocycles. The van der Waals surface area contributed by atoms with Crippen LogP contribution in [-0.2, 0) is 31.4 Å². The van der Waals surface area contributed by atoms with Crippen molar-refractivity contribution in [2.45, 2.75) is 25.9 Å². The first-order valence-corrected chi connectivity index (χ1v) is 9.94. The average molecular weight is 417 g/mol. The van der Waals surface area contributed by atoms with Gasteiger partial charge in [-0.25, -0.2) is 0 Å². The first-order chi connectivity index (χ1) is 12.1. The molecule has 3 aromatic rings. The Morgan fingerprint density at radius 1 is 1.12 bits per heavy atom. The number of amides is 1. The van der Waals surface area contributed by atoms with Gasteiger partial charge in [0.25, 0.3) is 0 Å². The lowest BCUT2D eigenvalue weighted by atomic mass is 10.1. The number of hydrogen-bond acceptors (Lipinski definition) is 2.